The summed E-state index contributed by atoms with van der Waals surface area (Å²) < 4.78 is 11.3. The lowest BCUT2D eigenvalue weighted by Gasteiger charge is -2.12. The Labute approximate surface area is 168 Å². The van der Waals surface area contributed by atoms with Crippen LogP contribution in [0, 0.1) is 6.92 Å². The van der Waals surface area contributed by atoms with Crippen molar-refractivity contribution in [1.29, 1.82) is 0 Å². The highest BCUT2D eigenvalue weighted by Crippen LogP contribution is 2.22. The van der Waals surface area contributed by atoms with Gasteiger partial charge in [-0.1, -0.05) is 12.1 Å². The van der Waals surface area contributed by atoms with Crippen LogP contribution in [0.1, 0.15) is 37.3 Å². The van der Waals surface area contributed by atoms with Crippen LogP contribution < -0.4 is 10.6 Å². The molecule has 0 spiro atoms. The van der Waals surface area contributed by atoms with Crippen LogP contribution >= 0.6 is 0 Å². The van der Waals surface area contributed by atoms with E-state index in [1.165, 1.54) is 22.0 Å². The molecule has 1 atom stereocenters. The molecule has 3 N–H and O–H groups in total. The van der Waals surface area contributed by atoms with Crippen LogP contribution in [0.15, 0.2) is 29.4 Å². The maximum absolute atomic E-state index is 5.70. The average Bonchev–Trinajstić information content (AvgIpc) is 3.35. The molecule has 1 aromatic carbocycles. The summed E-state index contributed by atoms with van der Waals surface area (Å²) in [6.45, 7) is 9.05. The van der Waals surface area contributed by atoms with E-state index in [1.807, 2.05) is 0 Å². The first kappa shape index (κ1) is 20.7. The van der Waals surface area contributed by atoms with Gasteiger partial charge in [-0.25, -0.2) is 0 Å². The first-order valence-corrected chi connectivity index (χ1v) is 10.5. The second-order valence-electron chi connectivity index (χ2n) is 7.31. The number of benzene rings is 1. The number of ether oxygens (including phenoxy) is 2. The molecule has 1 saturated heterocycles. The van der Waals surface area contributed by atoms with E-state index in [-0.39, 0.29) is 0 Å². The van der Waals surface area contributed by atoms with Crippen LogP contribution in [-0.2, 0) is 15.9 Å². The van der Waals surface area contributed by atoms with Gasteiger partial charge in [0.1, 0.15) is 0 Å². The fourth-order valence-electron chi connectivity index (χ4n) is 3.65. The maximum Gasteiger partial charge on any atom is 0.191 e. The van der Waals surface area contributed by atoms with Crippen LogP contribution in [0.25, 0.3) is 10.9 Å². The van der Waals surface area contributed by atoms with Gasteiger partial charge in [-0.05, 0) is 56.7 Å². The SMILES string of the molecule is CCNC(=NCCCOCC1CCCO1)NCCc1c[nH]c2cccc(C)c12. The van der Waals surface area contributed by atoms with E-state index in [0.29, 0.717) is 12.7 Å². The Morgan fingerprint density at radius 3 is 3.11 bits per heavy atom. The number of hydrogen-bond donors (Lipinski definition) is 3. The van der Waals surface area contributed by atoms with Gasteiger partial charge in [0.25, 0.3) is 0 Å². The number of aliphatic imine (C=N–C) groups is 1. The van der Waals surface area contributed by atoms with Crippen molar-refractivity contribution < 1.29 is 9.47 Å². The predicted octanol–water partition coefficient (Wildman–Crippen LogP) is 3.16. The fourth-order valence-corrected chi connectivity index (χ4v) is 3.65. The molecule has 6 heteroatoms. The second-order valence-corrected chi connectivity index (χ2v) is 7.31. The largest absolute Gasteiger partial charge is 0.379 e. The minimum absolute atomic E-state index is 0.302. The van der Waals surface area contributed by atoms with Crippen LogP contribution in [0.4, 0.5) is 0 Å². The molecule has 2 heterocycles. The van der Waals surface area contributed by atoms with E-state index < -0.39 is 0 Å². The summed E-state index contributed by atoms with van der Waals surface area (Å²) in [7, 11) is 0. The topological polar surface area (TPSA) is 70.7 Å². The highest BCUT2D eigenvalue weighted by molar-refractivity contribution is 5.86. The average molecular weight is 387 g/mol. The highest BCUT2D eigenvalue weighted by atomic mass is 16.5. The van der Waals surface area contributed by atoms with Gasteiger partial charge in [0, 0.05) is 49.9 Å². The number of rotatable bonds is 10. The number of aryl methyl sites for hydroxylation is 1. The second kappa shape index (κ2) is 11.1. The quantitative estimate of drug-likeness (QED) is 0.333. The highest BCUT2D eigenvalue weighted by Gasteiger charge is 2.14. The molecule has 0 saturated carbocycles. The van der Waals surface area contributed by atoms with Crippen molar-refractivity contribution in [1.82, 2.24) is 15.6 Å². The molecule has 1 aromatic heterocycles. The third-order valence-corrected chi connectivity index (χ3v) is 5.07. The predicted molar refractivity (Wildman–Crippen MR) is 115 cm³/mol. The van der Waals surface area contributed by atoms with Gasteiger partial charge in [-0.15, -0.1) is 0 Å². The Bertz CT molecular complexity index is 750. The van der Waals surface area contributed by atoms with E-state index in [9.17, 15) is 0 Å². The van der Waals surface area contributed by atoms with Crippen molar-refractivity contribution in [2.75, 3.05) is 39.5 Å². The minimum atomic E-state index is 0.302. The first-order chi connectivity index (χ1) is 13.8. The van der Waals surface area contributed by atoms with E-state index in [2.05, 4.69) is 58.9 Å². The zero-order valence-corrected chi connectivity index (χ0v) is 17.2. The Morgan fingerprint density at radius 1 is 1.36 bits per heavy atom. The molecule has 0 aliphatic carbocycles. The van der Waals surface area contributed by atoms with E-state index >= 15 is 0 Å². The number of hydrogen-bond acceptors (Lipinski definition) is 3. The van der Waals surface area contributed by atoms with Gasteiger partial charge in [-0.3, -0.25) is 4.99 Å². The Morgan fingerprint density at radius 2 is 2.29 bits per heavy atom. The maximum atomic E-state index is 5.70. The van der Waals surface area contributed by atoms with Crippen molar-refractivity contribution in [3.05, 3.63) is 35.5 Å². The van der Waals surface area contributed by atoms with Crippen molar-refractivity contribution in [2.45, 2.75) is 45.6 Å². The number of aromatic amines is 1. The van der Waals surface area contributed by atoms with Gasteiger partial charge in [0.2, 0.25) is 0 Å². The lowest BCUT2D eigenvalue weighted by atomic mass is 10.1. The van der Waals surface area contributed by atoms with Crippen LogP contribution in [-0.4, -0.2) is 56.5 Å². The molecule has 0 radical (unpaired) electrons. The molecule has 0 bridgehead atoms. The monoisotopic (exact) mass is 386 g/mol. The van der Waals surface area contributed by atoms with Gasteiger partial charge < -0.3 is 25.1 Å². The first-order valence-electron chi connectivity index (χ1n) is 10.5. The fraction of sp³-hybridized carbons (Fsp3) is 0.591. The smallest absolute Gasteiger partial charge is 0.191 e. The molecule has 2 aromatic rings. The zero-order valence-electron chi connectivity index (χ0n) is 17.2. The number of nitrogens with zero attached hydrogens (tertiary/aromatic N) is 1. The lowest BCUT2D eigenvalue weighted by molar-refractivity contribution is 0.0171. The Balaban J connectivity index is 1.39. The zero-order chi connectivity index (χ0) is 19.6. The molecule has 0 amide bonds. The van der Waals surface area contributed by atoms with E-state index in [1.54, 1.807) is 0 Å². The summed E-state index contributed by atoms with van der Waals surface area (Å²) >= 11 is 0. The Hall–Kier alpha value is -2.05. The number of H-pyrrole nitrogens is 1. The van der Waals surface area contributed by atoms with Crippen LogP contribution in [0.5, 0.6) is 0 Å². The molecule has 154 valence electrons. The van der Waals surface area contributed by atoms with Crippen molar-refractivity contribution in [3.8, 4) is 0 Å². The third kappa shape index (κ3) is 5.97. The van der Waals surface area contributed by atoms with Crippen LogP contribution in [0.2, 0.25) is 0 Å². The lowest BCUT2D eigenvalue weighted by Crippen LogP contribution is -2.38. The van der Waals surface area contributed by atoms with Gasteiger partial charge in [0.15, 0.2) is 5.96 Å². The van der Waals surface area contributed by atoms with E-state index in [0.717, 1.165) is 64.5 Å². The molecule has 3 rings (SSSR count). The summed E-state index contributed by atoms with van der Waals surface area (Å²) in [5.74, 6) is 0.873. The van der Waals surface area contributed by atoms with Crippen molar-refractivity contribution >= 4 is 16.9 Å². The molecule has 6 nitrogen and oxygen atoms in total. The summed E-state index contributed by atoms with van der Waals surface area (Å²) in [4.78, 5) is 8.03. The minimum Gasteiger partial charge on any atom is -0.379 e. The van der Waals surface area contributed by atoms with Crippen molar-refractivity contribution in [3.63, 3.8) is 0 Å². The molecule has 1 aliphatic rings. The summed E-state index contributed by atoms with van der Waals surface area (Å²) in [5.41, 5.74) is 3.87. The summed E-state index contributed by atoms with van der Waals surface area (Å²) in [5, 5.41) is 8.10. The van der Waals surface area contributed by atoms with Gasteiger partial charge >= 0.3 is 0 Å². The number of fused-ring (bicyclic) bond motifs is 1. The van der Waals surface area contributed by atoms with Gasteiger partial charge in [-0.2, -0.15) is 0 Å². The van der Waals surface area contributed by atoms with Crippen molar-refractivity contribution in [2.24, 2.45) is 4.99 Å². The number of guanidine groups is 1. The standard InChI is InChI=1S/C22H34N4O2/c1-3-23-22(24-11-6-13-27-16-19-8-5-14-28-19)25-12-10-18-15-26-20-9-4-7-17(2)21(18)20/h4,7,9,15,19,26H,3,5-6,8,10-14,16H2,1-2H3,(H2,23,24,25). The summed E-state index contributed by atoms with van der Waals surface area (Å²) in [6.07, 6.45) is 6.59. The molecule has 1 aliphatic heterocycles. The number of nitrogens with one attached hydrogen (secondary N) is 3. The molecular weight excluding hydrogens is 352 g/mol. The Kier molecular flexibility index (Phi) is 8.18. The van der Waals surface area contributed by atoms with E-state index in [4.69, 9.17) is 9.47 Å². The molecule has 1 fully saturated rings. The summed E-state index contributed by atoms with van der Waals surface area (Å²) in [6, 6.07) is 6.39. The normalized spacial score (nSPS) is 17.4. The molecule has 1 unspecified atom stereocenters. The van der Waals surface area contributed by atoms with Crippen LogP contribution in [0.3, 0.4) is 0 Å². The van der Waals surface area contributed by atoms with Gasteiger partial charge in [0.05, 0.1) is 12.7 Å². The molecular formula is C22H34N4O2. The number of aromatic nitrogens is 1. The molecule has 28 heavy (non-hydrogen) atoms. The third-order valence-electron chi connectivity index (χ3n) is 5.07.